The van der Waals surface area contributed by atoms with E-state index in [0.29, 0.717) is 11.7 Å². The highest BCUT2D eigenvalue weighted by atomic mass is 16.5. The second-order valence-electron chi connectivity index (χ2n) is 7.11. The Labute approximate surface area is 141 Å². The monoisotopic (exact) mass is 328 g/mol. The molecule has 1 amide bonds. The number of hydrogen-bond acceptors (Lipinski definition) is 4. The standard InChI is InChI=1S/C18H24N4O2/c1-4-24-15-9-14(18(15)6-5-7-18)21-17(23)12-8-11(2)20-16-13(12)10-19-22(16)3/h8,10,14-15H,4-7,9H2,1-3H3,(H,21,23). The van der Waals surface area contributed by atoms with Crippen LogP contribution in [0.5, 0.6) is 0 Å². The molecule has 2 aliphatic carbocycles. The molecule has 4 rings (SSSR count). The molecule has 2 atom stereocenters. The molecular formula is C18H24N4O2. The number of carbonyl (C=O) groups excluding carboxylic acids is 1. The summed E-state index contributed by atoms with van der Waals surface area (Å²) in [4.78, 5) is 17.4. The van der Waals surface area contributed by atoms with Gasteiger partial charge < -0.3 is 10.1 Å². The van der Waals surface area contributed by atoms with Gasteiger partial charge in [-0.25, -0.2) is 4.98 Å². The summed E-state index contributed by atoms with van der Waals surface area (Å²) in [7, 11) is 1.85. The molecule has 2 heterocycles. The lowest BCUT2D eigenvalue weighted by molar-refractivity contribution is -0.169. The Hall–Kier alpha value is -1.95. The molecule has 6 heteroatoms. The predicted octanol–water partition coefficient (Wildman–Crippen LogP) is 2.35. The molecule has 6 nitrogen and oxygen atoms in total. The average Bonchev–Trinajstić information content (AvgIpc) is 2.85. The molecule has 1 spiro atoms. The van der Waals surface area contributed by atoms with Gasteiger partial charge in [-0.05, 0) is 39.2 Å². The van der Waals surface area contributed by atoms with E-state index in [1.54, 1.807) is 10.9 Å². The van der Waals surface area contributed by atoms with Gasteiger partial charge in [0, 0.05) is 30.8 Å². The van der Waals surface area contributed by atoms with Crippen molar-refractivity contribution in [2.75, 3.05) is 6.61 Å². The minimum absolute atomic E-state index is 0.0234. The third kappa shape index (κ3) is 2.16. The van der Waals surface area contributed by atoms with Gasteiger partial charge in [-0.2, -0.15) is 5.10 Å². The summed E-state index contributed by atoms with van der Waals surface area (Å²) in [6, 6.07) is 2.07. The lowest BCUT2D eigenvalue weighted by atomic mass is 9.51. The highest BCUT2D eigenvalue weighted by Gasteiger charge is 2.59. The van der Waals surface area contributed by atoms with Crippen molar-refractivity contribution in [1.29, 1.82) is 0 Å². The fourth-order valence-electron chi connectivity index (χ4n) is 4.30. The molecule has 2 unspecified atom stereocenters. The van der Waals surface area contributed by atoms with Crippen LogP contribution < -0.4 is 5.32 Å². The van der Waals surface area contributed by atoms with Crippen LogP contribution in [0.4, 0.5) is 0 Å². The van der Waals surface area contributed by atoms with Gasteiger partial charge in [0.1, 0.15) is 0 Å². The summed E-state index contributed by atoms with van der Waals surface area (Å²) in [6.07, 6.45) is 6.48. The Kier molecular flexibility index (Phi) is 3.60. The van der Waals surface area contributed by atoms with Gasteiger partial charge in [0.25, 0.3) is 5.91 Å². The second-order valence-corrected chi connectivity index (χ2v) is 7.11. The van der Waals surface area contributed by atoms with Gasteiger partial charge in [0.2, 0.25) is 0 Å². The van der Waals surface area contributed by atoms with Gasteiger partial charge in [-0.1, -0.05) is 6.42 Å². The molecule has 2 aromatic heterocycles. The zero-order valence-corrected chi connectivity index (χ0v) is 14.5. The number of ether oxygens (including phenoxy) is 1. The van der Waals surface area contributed by atoms with E-state index in [1.165, 1.54) is 6.42 Å². The number of fused-ring (bicyclic) bond motifs is 1. The van der Waals surface area contributed by atoms with E-state index in [-0.39, 0.29) is 17.4 Å². The fraction of sp³-hybridized carbons (Fsp3) is 0.611. The SMILES string of the molecule is CCOC1CC(NC(=O)c2cc(C)nc3c2cnn3C)C12CCC2. The van der Waals surface area contributed by atoms with Gasteiger partial charge in [0.15, 0.2) is 5.65 Å². The molecule has 2 saturated carbocycles. The van der Waals surface area contributed by atoms with Crippen LogP contribution in [0.15, 0.2) is 12.3 Å². The minimum atomic E-state index is -0.0234. The number of aryl methyl sites for hydroxylation is 2. The Morgan fingerprint density at radius 2 is 2.29 bits per heavy atom. The fourth-order valence-corrected chi connectivity index (χ4v) is 4.30. The van der Waals surface area contributed by atoms with E-state index in [1.807, 2.05) is 27.0 Å². The molecule has 24 heavy (non-hydrogen) atoms. The maximum atomic E-state index is 12.9. The molecule has 2 fully saturated rings. The topological polar surface area (TPSA) is 69.0 Å². The molecule has 2 aromatic rings. The van der Waals surface area contributed by atoms with Crippen LogP contribution in [0.2, 0.25) is 0 Å². The third-order valence-electron chi connectivity index (χ3n) is 5.82. The molecule has 0 radical (unpaired) electrons. The van der Waals surface area contributed by atoms with Crippen LogP contribution in [0, 0.1) is 12.3 Å². The third-order valence-corrected chi connectivity index (χ3v) is 5.82. The van der Waals surface area contributed by atoms with Crippen molar-refractivity contribution >= 4 is 16.9 Å². The smallest absolute Gasteiger partial charge is 0.252 e. The lowest BCUT2D eigenvalue weighted by Crippen LogP contribution is -2.67. The molecule has 128 valence electrons. The van der Waals surface area contributed by atoms with Crippen LogP contribution in [0.1, 0.15) is 48.7 Å². The van der Waals surface area contributed by atoms with E-state index < -0.39 is 0 Å². The number of aromatic nitrogens is 3. The molecule has 1 N–H and O–H groups in total. The summed E-state index contributed by atoms with van der Waals surface area (Å²) in [5, 5.41) is 8.31. The van der Waals surface area contributed by atoms with Gasteiger partial charge in [-0.3, -0.25) is 9.48 Å². The first kappa shape index (κ1) is 15.6. The summed E-state index contributed by atoms with van der Waals surface area (Å²) < 4.78 is 7.58. The summed E-state index contributed by atoms with van der Waals surface area (Å²) >= 11 is 0. The maximum absolute atomic E-state index is 12.9. The number of amides is 1. The number of hydrogen-bond donors (Lipinski definition) is 1. The summed E-state index contributed by atoms with van der Waals surface area (Å²) in [5.74, 6) is -0.0234. The first-order valence-corrected chi connectivity index (χ1v) is 8.77. The largest absolute Gasteiger partial charge is 0.378 e. The Bertz CT molecular complexity index is 794. The maximum Gasteiger partial charge on any atom is 0.252 e. The van der Waals surface area contributed by atoms with Crippen molar-refractivity contribution in [2.45, 2.75) is 51.7 Å². The molecule has 0 aliphatic heterocycles. The normalized spacial score (nSPS) is 24.6. The lowest BCUT2D eigenvalue weighted by Gasteiger charge is -2.61. The highest BCUT2D eigenvalue weighted by molar-refractivity contribution is 6.05. The Balaban J connectivity index is 1.57. The highest BCUT2D eigenvalue weighted by Crippen LogP contribution is 2.57. The molecular weight excluding hydrogens is 304 g/mol. The van der Waals surface area contributed by atoms with Crippen molar-refractivity contribution in [2.24, 2.45) is 12.5 Å². The number of pyridine rings is 1. The van der Waals surface area contributed by atoms with Crippen molar-refractivity contribution in [1.82, 2.24) is 20.1 Å². The first-order chi connectivity index (χ1) is 11.5. The summed E-state index contributed by atoms with van der Waals surface area (Å²) in [5.41, 5.74) is 2.41. The zero-order chi connectivity index (χ0) is 16.9. The van der Waals surface area contributed by atoms with Gasteiger partial charge >= 0.3 is 0 Å². The van der Waals surface area contributed by atoms with Crippen LogP contribution in [-0.4, -0.2) is 39.4 Å². The molecule has 2 aliphatic rings. The average molecular weight is 328 g/mol. The first-order valence-electron chi connectivity index (χ1n) is 8.77. The summed E-state index contributed by atoms with van der Waals surface area (Å²) in [6.45, 7) is 4.69. The van der Waals surface area contributed by atoms with E-state index in [4.69, 9.17) is 4.74 Å². The van der Waals surface area contributed by atoms with Crippen LogP contribution in [0.25, 0.3) is 11.0 Å². The molecule has 0 saturated heterocycles. The van der Waals surface area contributed by atoms with Gasteiger partial charge in [0.05, 0.1) is 23.3 Å². The van der Waals surface area contributed by atoms with Crippen LogP contribution in [0.3, 0.4) is 0 Å². The molecule has 0 bridgehead atoms. The van der Waals surface area contributed by atoms with Crippen molar-refractivity contribution in [3.63, 3.8) is 0 Å². The Morgan fingerprint density at radius 1 is 1.50 bits per heavy atom. The minimum Gasteiger partial charge on any atom is -0.378 e. The van der Waals surface area contributed by atoms with Crippen molar-refractivity contribution in [3.8, 4) is 0 Å². The zero-order valence-electron chi connectivity index (χ0n) is 14.5. The van der Waals surface area contributed by atoms with E-state index in [0.717, 1.165) is 42.6 Å². The van der Waals surface area contributed by atoms with Crippen LogP contribution in [-0.2, 0) is 11.8 Å². The number of rotatable bonds is 4. The van der Waals surface area contributed by atoms with E-state index in [2.05, 4.69) is 15.4 Å². The van der Waals surface area contributed by atoms with Crippen molar-refractivity contribution < 1.29 is 9.53 Å². The van der Waals surface area contributed by atoms with Crippen molar-refractivity contribution in [3.05, 3.63) is 23.5 Å². The second kappa shape index (κ2) is 5.55. The van der Waals surface area contributed by atoms with Gasteiger partial charge in [-0.15, -0.1) is 0 Å². The number of nitrogens with zero attached hydrogens (tertiary/aromatic N) is 3. The quantitative estimate of drug-likeness (QED) is 0.935. The van der Waals surface area contributed by atoms with E-state index >= 15 is 0 Å². The molecule has 0 aromatic carbocycles. The van der Waals surface area contributed by atoms with E-state index in [9.17, 15) is 4.79 Å². The Morgan fingerprint density at radius 3 is 2.96 bits per heavy atom. The van der Waals surface area contributed by atoms with Crippen LogP contribution >= 0.6 is 0 Å². The predicted molar refractivity (Wildman–Crippen MR) is 90.8 cm³/mol. The number of carbonyl (C=O) groups is 1. The number of nitrogens with one attached hydrogen (secondary N) is 1.